The van der Waals surface area contributed by atoms with Gasteiger partial charge in [-0.3, -0.25) is 19.4 Å². The highest BCUT2D eigenvalue weighted by molar-refractivity contribution is 5.92. The van der Waals surface area contributed by atoms with Crippen LogP contribution in [0.1, 0.15) is 18.1 Å². The number of carbonyl (C=O) groups excluding carboxylic acids is 2. The van der Waals surface area contributed by atoms with Gasteiger partial charge in [-0.1, -0.05) is 42.5 Å². The summed E-state index contributed by atoms with van der Waals surface area (Å²) in [6.45, 7) is 6.49. The molecule has 1 aliphatic heterocycles. The van der Waals surface area contributed by atoms with Crippen molar-refractivity contribution in [2.75, 3.05) is 51.8 Å². The SMILES string of the molecule is CCOC(=O)[C@@H](Cc1ccccc1)N(C)CC(=O)Nc1ccc(CN2CCOCC2)cc1. The molecule has 7 heteroatoms. The van der Waals surface area contributed by atoms with Gasteiger partial charge in [-0.05, 0) is 43.7 Å². The van der Waals surface area contributed by atoms with E-state index < -0.39 is 6.04 Å². The van der Waals surface area contributed by atoms with Crippen molar-refractivity contribution in [3.63, 3.8) is 0 Å². The molecule has 1 saturated heterocycles. The van der Waals surface area contributed by atoms with E-state index in [4.69, 9.17) is 9.47 Å². The van der Waals surface area contributed by atoms with Crippen LogP contribution in [0, 0.1) is 0 Å². The van der Waals surface area contributed by atoms with Crippen molar-refractivity contribution in [1.82, 2.24) is 9.80 Å². The van der Waals surface area contributed by atoms with E-state index in [0.717, 1.165) is 44.1 Å². The molecule has 1 heterocycles. The predicted octanol–water partition coefficient (Wildman–Crippen LogP) is 2.56. The van der Waals surface area contributed by atoms with Crippen LogP contribution >= 0.6 is 0 Å². The van der Waals surface area contributed by atoms with Crippen LogP contribution in [0.4, 0.5) is 5.69 Å². The van der Waals surface area contributed by atoms with Gasteiger partial charge >= 0.3 is 5.97 Å². The van der Waals surface area contributed by atoms with Gasteiger partial charge < -0.3 is 14.8 Å². The molecule has 2 aromatic carbocycles. The Bertz CT molecular complexity index is 851. The van der Waals surface area contributed by atoms with Crippen molar-refractivity contribution in [3.05, 3.63) is 65.7 Å². The lowest BCUT2D eigenvalue weighted by Gasteiger charge is -2.26. The summed E-state index contributed by atoms with van der Waals surface area (Å²) in [5.74, 6) is -0.491. The Morgan fingerprint density at radius 3 is 2.41 bits per heavy atom. The monoisotopic (exact) mass is 439 g/mol. The predicted molar refractivity (Wildman–Crippen MR) is 124 cm³/mol. The number of amides is 1. The Hall–Kier alpha value is -2.74. The van der Waals surface area contributed by atoms with E-state index in [1.807, 2.05) is 54.6 Å². The summed E-state index contributed by atoms with van der Waals surface area (Å²) >= 11 is 0. The fourth-order valence-corrected chi connectivity index (χ4v) is 3.74. The van der Waals surface area contributed by atoms with Gasteiger partial charge in [0.1, 0.15) is 6.04 Å². The summed E-state index contributed by atoms with van der Waals surface area (Å²) in [5.41, 5.74) is 2.96. The lowest BCUT2D eigenvalue weighted by molar-refractivity contribution is -0.149. The molecule has 172 valence electrons. The summed E-state index contributed by atoms with van der Waals surface area (Å²) in [5, 5.41) is 2.93. The summed E-state index contributed by atoms with van der Waals surface area (Å²) in [7, 11) is 1.77. The third-order valence-corrected chi connectivity index (χ3v) is 5.50. The van der Waals surface area contributed by atoms with Crippen molar-refractivity contribution < 1.29 is 19.1 Å². The number of ether oxygens (including phenoxy) is 2. The highest BCUT2D eigenvalue weighted by Crippen LogP contribution is 2.14. The molecule has 1 N–H and O–H groups in total. The number of likely N-dealkylation sites (N-methyl/N-ethyl adjacent to an activating group) is 1. The Kier molecular flexibility index (Phi) is 9.22. The summed E-state index contributed by atoms with van der Waals surface area (Å²) in [6, 6.07) is 17.1. The quantitative estimate of drug-likeness (QED) is 0.574. The van der Waals surface area contributed by atoms with Gasteiger partial charge in [0.15, 0.2) is 0 Å². The molecule has 0 bridgehead atoms. The van der Waals surface area contributed by atoms with Gasteiger partial charge in [0.25, 0.3) is 0 Å². The summed E-state index contributed by atoms with van der Waals surface area (Å²) < 4.78 is 10.6. The lowest BCUT2D eigenvalue weighted by atomic mass is 10.0. The minimum Gasteiger partial charge on any atom is -0.465 e. The topological polar surface area (TPSA) is 71.1 Å². The van der Waals surface area contributed by atoms with E-state index in [2.05, 4.69) is 10.2 Å². The number of hydrogen-bond acceptors (Lipinski definition) is 6. The molecule has 0 radical (unpaired) electrons. The molecule has 1 atom stereocenters. The van der Waals surface area contributed by atoms with Gasteiger partial charge in [0.2, 0.25) is 5.91 Å². The fourth-order valence-electron chi connectivity index (χ4n) is 3.74. The van der Waals surface area contributed by atoms with Crippen LogP contribution in [0.25, 0.3) is 0 Å². The molecule has 7 nitrogen and oxygen atoms in total. The number of anilines is 1. The van der Waals surface area contributed by atoms with E-state index in [0.29, 0.717) is 13.0 Å². The minimum absolute atomic E-state index is 0.0891. The number of hydrogen-bond donors (Lipinski definition) is 1. The zero-order valence-electron chi connectivity index (χ0n) is 19.0. The number of morpholine rings is 1. The lowest BCUT2D eigenvalue weighted by Crippen LogP contribution is -2.44. The van der Waals surface area contributed by atoms with E-state index in [9.17, 15) is 9.59 Å². The number of nitrogens with zero attached hydrogens (tertiary/aromatic N) is 2. The third kappa shape index (κ3) is 7.44. The number of nitrogens with one attached hydrogen (secondary N) is 1. The van der Waals surface area contributed by atoms with Crippen molar-refractivity contribution in [1.29, 1.82) is 0 Å². The van der Waals surface area contributed by atoms with Crippen LogP contribution in [-0.4, -0.2) is 74.2 Å². The van der Waals surface area contributed by atoms with Crippen LogP contribution in [-0.2, 0) is 32.0 Å². The fraction of sp³-hybridized carbons (Fsp3) is 0.440. The molecular weight excluding hydrogens is 406 g/mol. The zero-order valence-corrected chi connectivity index (χ0v) is 19.0. The van der Waals surface area contributed by atoms with Crippen LogP contribution in [0.2, 0.25) is 0 Å². The second-order valence-electron chi connectivity index (χ2n) is 8.01. The van der Waals surface area contributed by atoms with Crippen molar-refractivity contribution >= 4 is 17.6 Å². The molecule has 0 aliphatic carbocycles. The van der Waals surface area contributed by atoms with Crippen molar-refractivity contribution in [2.24, 2.45) is 0 Å². The Morgan fingerprint density at radius 1 is 1.06 bits per heavy atom. The van der Waals surface area contributed by atoms with Crippen LogP contribution in [0.5, 0.6) is 0 Å². The largest absolute Gasteiger partial charge is 0.465 e. The van der Waals surface area contributed by atoms with Gasteiger partial charge in [-0.25, -0.2) is 0 Å². The van der Waals surface area contributed by atoms with Crippen molar-refractivity contribution in [2.45, 2.75) is 25.9 Å². The number of rotatable bonds is 10. The minimum atomic E-state index is -0.529. The van der Waals surface area contributed by atoms with E-state index >= 15 is 0 Å². The van der Waals surface area contributed by atoms with Gasteiger partial charge in [-0.2, -0.15) is 0 Å². The summed E-state index contributed by atoms with van der Waals surface area (Å²) in [6.07, 6.45) is 0.486. The number of benzene rings is 2. The maximum absolute atomic E-state index is 12.6. The third-order valence-electron chi connectivity index (χ3n) is 5.50. The molecule has 3 rings (SSSR count). The van der Waals surface area contributed by atoms with Gasteiger partial charge in [-0.15, -0.1) is 0 Å². The van der Waals surface area contributed by atoms with Crippen LogP contribution < -0.4 is 5.32 Å². The Balaban J connectivity index is 1.54. The second-order valence-corrected chi connectivity index (χ2v) is 8.01. The molecule has 0 spiro atoms. The Morgan fingerprint density at radius 2 is 1.75 bits per heavy atom. The molecule has 1 aliphatic rings. The van der Waals surface area contributed by atoms with Crippen molar-refractivity contribution in [3.8, 4) is 0 Å². The normalized spacial score (nSPS) is 15.3. The highest BCUT2D eigenvalue weighted by atomic mass is 16.5. The number of esters is 1. The standard InChI is InChI=1S/C25H33N3O4/c1-3-32-25(30)23(17-20-7-5-4-6-8-20)27(2)19-24(29)26-22-11-9-21(10-12-22)18-28-13-15-31-16-14-28/h4-12,23H,3,13-19H2,1-2H3,(H,26,29)/t23-/m1/s1. The van der Waals surface area contributed by atoms with Gasteiger partial charge in [0.05, 0.1) is 26.4 Å². The van der Waals surface area contributed by atoms with Gasteiger partial charge in [0, 0.05) is 25.3 Å². The maximum atomic E-state index is 12.6. The molecule has 0 unspecified atom stereocenters. The molecule has 1 amide bonds. The first-order valence-electron chi connectivity index (χ1n) is 11.1. The average molecular weight is 440 g/mol. The molecular formula is C25H33N3O4. The zero-order chi connectivity index (χ0) is 22.8. The van der Waals surface area contributed by atoms with Crippen LogP contribution in [0.3, 0.4) is 0 Å². The molecule has 32 heavy (non-hydrogen) atoms. The smallest absolute Gasteiger partial charge is 0.323 e. The van der Waals surface area contributed by atoms with E-state index in [1.54, 1.807) is 18.9 Å². The van der Waals surface area contributed by atoms with E-state index in [1.165, 1.54) is 5.56 Å². The first-order chi connectivity index (χ1) is 15.5. The molecule has 0 aromatic heterocycles. The average Bonchev–Trinajstić information content (AvgIpc) is 2.80. The van der Waals surface area contributed by atoms with E-state index in [-0.39, 0.29) is 18.4 Å². The molecule has 1 fully saturated rings. The highest BCUT2D eigenvalue weighted by Gasteiger charge is 2.26. The molecule has 0 saturated carbocycles. The Labute approximate surface area is 190 Å². The molecule has 2 aromatic rings. The van der Waals surface area contributed by atoms with Crippen LogP contribution in [0.15, 0.2) is 54.6 Å². The first-order valence-corrected chi connectivity index (χ1v) is 11.1. The summed E-state index contributed by atoms with van der Waals surface area (Å²) in [4.78, 5) is 29.3. The number of carbonyl (C=O) groups is 2. The first kappa shape index (κ1) is 23.9. The maximum Gasteiger partial charge on any atom is 0.323 e. The second kappa shape index (κ2) is 12.3.